The number of rotatable bonds is 9. The summed E-state index contributed by atoms with van der Waals surface area (Å²) in [5.74, 6) is 2.15. The summed E-state index contributed by atoms with van der Waals surface area (Å²) in [6.45, 7) is 4.89. The van der Waals surface area contributed by atoms with Gasteiger partial charge in [-0.2, -0.15) is 0 Å². The highest BCUT2D eigenvalue weighted by Crippen LogP contribution is 2.32. The fraction of sp³-hybridized carbons (Fsp3) is 0.182. The summed E-state index contributed by atoms with van der Waals surface area (Å²) in [4.78, 5) is 14.6. The molecule has 0 spiro atoms. The van der Waals surface area contributed by atoms with E-state index in [1.54, 1.807) is 13.2 Å². The molecule has 0 unspecified atom stereocenters. The maximum Gasteiger partial charge on any atom is 0.266 e. The lowest BCUT2D eigenvalue weighted by molar-refractivity contribution is -0.121. The zero-order valence-electron chi connectivity index (χ0n) is 16.0. The lowest BCUT2D eigenvalue weighted by atomic mass is 10.2. The molecule has 1 aliphatic heterocycles. The Balaban J connectivity index is 1.55. The molecule has 0 N–H and O–H groups in total. The van der Waals surface area contributed by atoms with Crippen LogP contribution < -0.4 is 14.2 Å². The first-order valence-corrected chi connectivity index (χ1v) is 10.2. The van der Waals surface area contributed by atoms with Crippen LogP contribution in [0.15, 0.2) is 66.1 Å². The number of hydrogen-bond donors (Lipinski definition) is 0. The van der Waals surface area contributed by atoms with Crippen LogP contribution in [-0.2, 0) is 4.79 Å². The normalized spacial score (nSPS) is 14.9. The molecule has 2 aromatic rings. The van der Waals surface area contributed by atoms with Crippen molar-refractivity contribution in [3.63, 3.8) is 0 Å². The summed E-state index contributed by atoms with van der Waals surface area (Å²) in [5.41, 5.74) is 0.873. The van der Waals surface area contributed by atoms with Crippen LogP contribution in [0.25, 0.3) is 6.08 Å². The largest absolute Gasteiger partial charge is 0.497 e. The molecule has 0 aliphatic carbocycles. The van der Waals surface area contributed by atoms with Gasteiger partial charge in [-0.1, -0.05) is 42.2 Å². The smallest absolute Gasteiger partial charge is 0.266 e. The average molecular weight is 428 g/mol. The van der Waals surface area contributed by atoms with Gasteiger partial charge in [0.1, 0.15) is 34.8 Å². The van der Waals surface area contributed by atoms with E-state index in [1.165, 1.54) is 16.7 Å². The lowest BCUT2D eigenvalue weighted by Gasteiger charge is -2.10. The van der Waals surface area contributed by atoms with Gasteiger partial charge in [0.2, 0.25) is 0 Å². The Bertz CT molecular complexity index is 925. The van der Waals surface area contributed by atoms with Crippen molar-refractivity contribution in [3.8, 4) is 17.2 Å². The molecule has 0 saturated carbocycles. The molecule has 3 rings (SSSR count). The summed E-state index contributed by atoms with van der Waals surface area (Å²) in [6, 6.07) is 14.9. The molecule has 1 aliphatic rings. The van der Waals surface area contributed by atoms with Crippen LogP contribution in [0.4, 0.5) is 0 Å². The average Bonchev–Trinajstić information content (AvgIpc) is 2.99. The topological polar surface area (TPSA) is 48.0 Å². The molecule has 29 heavy (non-hydrogen) atoms. The van der Waals surface area contributed by atoms with Gasteiger partial charge in [-0.3, -0.25) is 9.69 Å². The van der Waals surface area contributed by atoms with E-state index >= 15 is 0 Å². The van der Waals surface area contributed by atoms with E-state index in [9.17, 15) is 4.79 Å². The number of thiocarbonyl (C=S) groups is 1. The van der Waals surface area contributed by atoms with E-state index in [4.69, 9.17) is 26.4 Å². The molecular formula is C22H21NO4S2. The van der Waals surface area contributed by atoms with E-state index in [0.717, 1.165) is 17.1 Å². The van der Waals surface area contributed by atoms with Gasteiger partial charge in [0, 0.05) is 6.54 Å². The van der Waals surface area contributed by atoms with Crippen LogP contribution in [0.5, 0.6) is 17.2 Å². The lowest BCUT2D eigenvalue weighted by Crippen LogP contribution is -2.27. The molecular weight excluding hydrogens is 406 g/mol. The van der Waals surface area contributed by atoms with Crippen LogP contribution in [0, 0.1) is 0 Å². The Kier molecular flexibility index (Phi) is 7.32. The number of benzene rings is 2. The standard InChI is InChI=1S/C22H21NO4S2/c1-3-11-23-21(24)20(29-22(23)28)15-16-5-4-6-19(14-16)27-13-12-26-18-9-7-17(25-2)8-10-18/h3-10,14-15H,1,11-13H2,2H3/b20-15+. The molecule has 5 nitrogen and oxygen atoms in total. The molecule has 7 heteroatoms. The summed E-state index contributed by atoms with van der Waals surface area (Å²) < 4.78 is 17.1. The van der Waals surface area contributed by atoms with Gasteiger partial charge in [0.05, 0.1) is 12.0 Å². The first-order chi connectivity index (χ1) is 14.1. The minimum atomic E-state index is -0.0980. The fourth-order valence-electron chi connectivity index (χ4n) is 2.62. The van der Waals surface area contributed by atoms with Crippen molar-refractivity contribution in [2.75, 3.05) is 26.9 Å². The van der Waals surface area contributed by atoms with Crippen LogP contribution in [0.1, 0.15) is 5.56 Å². The maximum absolute atomic E-state index is 12.4. The quantitative estimate of drug-likeness (QED) is 0.253. The van der Waals surface area contributed by atoms with Crippen LogP contribution in [-0.4, -0.2) is 42.0 Å². The van der Waals surface area contributed by atoms with Crippen molar-refractivity contribution >= 4 is 40.3 Å². The van der Waals surface area contributed by atoms with E-state index in [-0.39, 0.29) is 5.91 Å². The predicted octanol–water partition coefficient (Wildman–Crippen LogP) is 4.54. The summed E-state index contributed by atoms with van der Waals surface area (Å²) >= 11 is 6.56. The Morgan fingerprint density at radius 2 is 1.76 bits per heavy atom. The third kappa shape index (κ3) is 5.62. The van der Waals surface area contributed by atoms with Crippen molar-refractivity contribution in [1.29, 1.82) is 0 Å². The molecule has 150 valence electrons. The van der Waals surface area contributed by atoms with Crippen molar-refractivity contribution in [2.24, 2.45) is 0 Å². The number of hydrogen-bond acceptors (Lipinski definition) is 6. The number of methoxy groups -OCH3 is 1. The second-order valence-electron chi connectivity index (χ2n) is 6.03. The zero-order valence-corrected chi connectivity index (χ0v) is 17.6. The highest BCUT2D eigenvalue weighted by atomic mass is 32.2. The summed E-state index contributed by atoms with van der Waals surface area (Å²) in [7, 11) is 1.63. The molecule has 0 atom stereocenters. The Morgan fingerprint density at radius 3 is 2.45 bits per heavy atom. The summed E-state index contributed by atoms with van der Waals surface area (Å²) in [5, 5.41) is 0. The molecule has 1 saturated heterocycles. The van der Waals surface area contributed by atoms with Crippen molar-refractivity contribution < 1.29 is 19.0 Å². The molecule has 0 bridgehead atoms. The van der Waals surface area contributed by atoms with E-state index in [2.05, 4.69) is 6.58 Å². The predicted molar refractivity (Wildman–Crippen MR) is 121 cm³/mol. The number of carbonyl (C=O) groups is 1. The van der Waals surface area contributed by atoms with Gasteiger partial charge in [-0.05, 0) is 48.0 Å². The summed E-state index contributed by atoms with van der Waals surface area (Å²) in [6.07, 6.45) is 3.49. The van der Waals surface area contributed by atoms with Gasteiger partial charge >= 0.3 is 0 Å². The van der Waals surface area contributed by atoms with Crippen LogP contribution in [0.3, 0.4) is 0 Å². The van der Waals surface area contributed by atoms with E-state index in [0.29, 0.717) is 34.7 Å². The maximum atomic E-state index is 12.4. The van der Waals surface area contributed by atoms with Crippen LogP contribution >= 0.6 is 24.0 Å². The second kappa shape index (κ2) is 10.1. The number of thioether (sulfide) groups is 1. The highest BCUT2D eigenvalue weighted by Gasteiger charge is 2.30. The Morgan fingerprint density at radius 1 is 1.07 bits per heavy atom. The van der Waals surface area contributed by atoms with E-state index < -0.39 is 0 Å². The van der Waals surface area contributed by atoms with Gasteiger partial charge in [-0.25, -0.2) is 0 Å². The first kappa shape index (κ1) is 21.0. The number of nitrogens with zero attached hydrogens (tertiary/aromatic N) is 1. The van der Waals surface area contributed by atoms with Crippen LogP contribution in [0.2, 0.25) is 0 Å². The van der Waals surface area contributed by atoms with Gasteiger partial charge in [-0.15, -0.1) is 6.58 Å². The monoisotopic (exact) mass is 427 g/mol. The Labute approximate surface area is 179 Å². The third-order valence-corrected chi connectivity index (χ3v) is 5.40. The molecule has 2 aromatic carbocycles. The van der Waals surface area contributed by atoms with Crippen molar-refractivity contribution in [1.82, 2.24) is 4.90 Å². The molecule has 1 heterocycles. The minimum absolute atomic E-state index is 0.0980. The number of amides is 1. The number of carbonyl (C=O) groups excluding carboxylic acids is 1. The van der Waals surface area contributed by atoms with Gasteiger partial charge < -0.3 is 14.2 Å². The molecule has 0 radical (unpaired) electrons. The minimum Gasteiger partial charge on any atom is -0.497 e. The SMILES string of the molecule is C=CCN1C(=O)/C(=C\c2cccc(OCCOc3ccc(OC)cc3)c2)SC1=S. The van der Waals surface area contributed by atoms with Crippen molar-refractivity contribution in [2.45, 2.75) is 0 Å². The zero-order chi connectivity index (χ0) is 20.6. The molecule has 0 aromatic heterocycles. The fourth-order valence-corrected chi connectivity index (χ4v) is 3.90. The first-order valence-electron chi connectivity index (χ1n) is 8.96. The second-order valence-corrected chi connectivity index (χ2v) is 7.70. The molecule has 1 amide bonds. The van der Waals surface area contributed by atoms with Crippen molar-refractivity contribution in [3.05, 3.63) is 71.7 Å². The van der Waals surface area contributed by atoms with Gasteiger partial charge in [0.15, 0.2) is 0 Å². The molecule has 1 fully saturated rings. The number of ether oxygens (including phenoxy) is 3. The Hall–Kier alpha value is -2.77. The van der Waals surface area contributed by atoms with E-state index in [1.807, 2.05) is 54.6 Å². The van der Waals surface area contributed by atoms with Gasteiger partial charge in [0.25, 0.3) is 5.91 Å². The highest BCUT2D eigenvalue weighted by molar-refractivity contribution is 8.26. The third-order valence-electron chi connectivity index (χ3n) is 4.02.